The van der Waals surface area contributed by atoms with Crippen molar-refractivity contribution in [3.05, 3.63) is 0 Å². The molecule has 0 atom stereocenters. The monoisotopic (exact) mass is 167 g/mol. The second-order valence-electron chi connectivity index (χ2n) is 1.81. The molecular formula is C4H12Ag. The van der Waals surface area contributed by atoms with E-state index in [4.69, 9.17) is 0 Å². The van der Waals surface area contributed by atoms with E-state index in [1.807, 2.05) is 0 Å². The molecule has 0 N–H and O–H groups in total. The van der Waals surface area contributed by atoms with Gasteiger partial charge in [-0.15, -0.1) is 0 Å². The Hall–Kier alpha value is 0.740. The fourth-order valence-corrected chi connectivity index (χ4v) is 0. The van der Waals surface area contributed by atoms with Crippen LogP contribution in [-0.4, -0.2) is 0 Å². The van der Waals surface area contributed by atoms with E-state index in [-0.39, 0.29) is 0 Å². The Morgan fingerprint density at radius 1 is 0.800 bits per heavy atom. The van der Waals surface area contributed by atoms with E-state index in [1.54, 1.807) is 0 Å². The van der Waals surface area contributed by atoms with E-state index in [1.165, 1.54) is 0 Å². The zero-order chi connectivity index (χ0) is 4.50. The fraction of sp³-hybridized carbons (Fsp3) is 1.00. The molecule has 0 radical (unpaired) electrons. The average molecular weight is 168 g/mol. The van der Waals surface area contributed by atoms with E-state index < -0.39 is 17.1 Å². The van der Waals surface area contributed by atoms with E-state index in [0.717, 1.165) is 0 Å². The van der Waals surface area contributed by atoms with Crippen molar-refractivity contribution in [2.24, 2.45) is 0 Å². The number of hydrogen-bond acceptors (Lipinski definition) is 0. The molecule has 0 aliphatic rings. The molecule has 0 aromatic rings. The van der Waals surface area contributed by atoms with Crippen molar-refractivity contribution in [2.75, 3.05) is 0 Å². The first-order chi connectivity index (χ1) is 2.00. The zero-order valence-electron chi connectivity index (χ0n) is 4.30. The Morgan fingerprint density at radius 3 is 0.800 bits per heavy atom. The summed E-state index contributed by atoms with van der Waals surface area (Å²) in [6.07, 6.45) is 0. The van der Waals surface area contributed by atoms with Gasteiger partial charge in [0.1, 0.15) is 0 Å². The molecule has 5 heavy (non-hydrogen) atoms. The summed E-state index contributed by atoms with van der Waals surface area (Å²) in [7, 11) is 0. The molecule has 0 unspecified atom stereocenters. The van der Waals surface area contributed by atoms with Crippen molar-refractivity contribution in [1.29, 1.82) is 0 Å². The summed E-state index contributed by atoms with van der Waals surface area (Å²) in [5, 5.41) is 9.31. The van der Waals surface area contributed by atoms with Gasteiger partial charge in [0.25, 0.3) is 0 Å². The molecule has 0 amide bonds. The second-order valence-corrected chi connectivity index (χ2v) is 10.7. The molecule has 39 valence electrons. The third-order valence-electron chi connectivity index (χ3n) is 0. The molecule has 0 aromatic heterocycles. The van der Waals surface area contributed by atoms with Crippen molar-refractivity contribution < 1.29 is 17.1 Å². The van der Waals surface area contributed by atoms with Gasteiger partial charge in [-0.1, -0.05) is 0 Å². The van der Waals surface area contributed by atoms with Gasteiger partial charge in [-0.05, 0) is 0 Å². The molecule has 1 heteroatoms. The van der Waals surface area contributed by atoms with Gasteiger partial charge in [0.05, 0.1) is 0 Å². The topological polar surface area (TPSA) is 0 Å². The van der Waals surface area contributed by atoms with Crippen LogP contribution in [-0.2, 0) is 17.1 Å². The van der Waals surface area contributed by atoms with Gasteiger partial charge in [0.15, 0.2) is 0 Å². The van der Waals surface area contributed by atoms with Crippen molar-refractivity contribution in [3.8, 4) is 0 Å². The fourth-order valence-electron chi connectivity index (χ4n) is 0. The van der Waals surface area contributed by atoms with Crippen LogP contribution < -0.4 is 0 Å². The molecule has 0 saturated heterocycles. The molecule has 0 aliphatic heterocycles. The van der Waals surface area contributed by atoms with Crippen LogP contribution >= 0.6 is 0 Å². The predicted molar refractivity (Wildman–Crippen MR) is 23.5 cm³/mol. The summed E-state index contributed by atoms with van der Waals surface area (Å²) in [5.74, 6) is 0. The molecule has 0 aliphatic carbocycles. The Balaban J connectivity index is 3.02. The first-order valence-corrected chi connectivity index (χ1v) is 7.14. The summed E-state index contributed by atoms with van der Waals surface area (Å²) in [5.41, 5.74) is 0. The van der Waals surface area contributed by atoms with Gasteiger partial charge in [-0.25, -0.2) is 0 Å². The van der Waals surface area contributed by atoms with Crippen molar-refractivity contribution in [2.45, 2.75) is 20.6 Å². The summed E-state index contributed by atoms with van der Waals surface area (Å²) >= 11 is -0.620. The molecule has 0 spiro atoms. The molecule has 0 heterocycles. The molecule has 0 bridgehead atoms. The molecule has 0 aromatic carbocycles. The SMILES string of the molecule is [CH3][Ag]([CH3])([CH3])[CH3]. The molecule has 0 saturated carbocycles. The molecule has 0 nitrogen and oxygen atoms in total. The summed E-state index contributed by atoms with van der Waals surface area (Å²) in [6, 6.07) is 0. The van der Waals surface area contributed by atoms with Crippen molar-refractivity contribution in [1.82, 2.24) is 0 Å². The Labute approximate surface area is 38.1 Å². The first-order valence-electron chi connectivity index (χ1n) is 1.21. The summed E-state index contributed by atoms with van der Waals surface area (Å²) in [4.78, 5) is 0. The zero-order valence-corrected chi connectivity index (χ0v) is 5.78. The summed E-state index contributed by atoms with van der Waals surface area (Å²) < 4.78 is 0. The van der Waals surface area contributed by atoms with Crippen LogP contribution in [0.3, 0.4) is 0 Å². The molecule has 0 rings (SSSR count). The first kappa shape index (κ1) is 5.74. The third-order valence-corrected chi connectivity index (χ3v) is 0. The number of rotatable bonds is 0. The van der Waals surface area contributed by atoms with Crippen LogP contribution in [0.5, 0.6) is 0 Å². The van der Waals surface area contributed by atoms with Gasteiger partial charge in [-0.2, -0.15) is 0 Å². The van der Waals surface area contributed by atoms with Crippen LogP contribution in [0.4, 0.5) is 0 Å². The normalized spacial score (nSPS) is 15.2. The molecule has 0 fully saturated rings. The van der Waals surface area contributed by atoms with Gasteiger partial charge >= 0.3 is 37.7 Å². The van der Waals surface area contributed by atoms with Gasteiger partial charge in [0.2, 0.25) is 0 Å². The Kier molecular flexibility index (Phi) is 1.68. The molecular weight excluding hydrogens is 156 g/mol. The average Bonchev–Trinajstić information content (AvgIpc) is 0.722. The van der Waals surface area contributed by atoms with E-state index in [9.17, 15) is 0 Å². The van der Waals surface area contributed by atoms with Crippen LogP contribution in [0.1, 0.15) is 0 Å². The van der Waals surface area contributed by atoms with Crippen molar-refractivity contribution in [3.63, 3.8) is 0 Å². The van der Waals surface area contributed by atoms with Gasteiger partial charge < -0.3 is 0 Å². The quantitative estimate of drug-likeness (QED) is 0.487. The van der Waals surface area contributed by atoms with Gasteiger partial charge in [0, 0.05) is 0 Å². The third kappa shape index (κ3) is 65.0. The summed E-state index contributed by atoms with van der Waals surface area (Å²) in [6.45, 7) is 0. The van der Waals surface area contributed by atoms with Crippen LogP contribution in [0.2, 0.25) is 20.6 Å². The predicted octanol–water partition coefficient (Wildman–Crippen LogP) is 2.33. The Morgan fingerprint density at radius 2 is 0.800 bits per heavy atom. The second kappa shape index (κ2) is 1.46. The van der Waals surface area contributed by atoms with Crippen molar-refractivity contribution >= 4 is 0 Å². The van der Waals surface area contributed by atoms with E-state index >= 15 is 0 Å². The minimum absolute atomic E-state index is 0.620. The maximum absolute atomic E-state index is 2.33. The van der Waals surface area contributed by atoms with Crippen LogP contribution in [0.25, 0.3) is 0 Å². The standard InChI is InChI=1S/4CH3.Ag/h4*1H3;. The van der Waals surface area contributed by atoms with Crippen LogP contribution in [0, 0.1) is 0 Å². The minimum atomic E-state index is -0.620. The number of hydrogen-bond donors (Lipinski definition) is 0. The van der Waals surface area contributed by atoms with E-state index in [0.29, 0.717) is 0 Å². The van der Waals surface area contributed by atoms with Crippen LogP contribution in [0.15, 0.2) is 0 Å². The maximum atomic E-state index is 2.33. The van der Waals surface area contributed by atoms with E-state index in [2.05, 4.69) is 20.6 Å². The Bertz CT molecular complexity index is 19.1. The van der Waals surface area contributed by atoms with Gasteiger partial charge in [-0.3, -0.25) is 0 Å².